The minimum absolute atomic E-state index is 0.103. The average Bonchev–Trinajstić information content (AvgIpc) is 2.72. The number of hydrogen-bond donors (Lipinski definition) is 0. The van der Waals surface area contributed by atoms with Crippen molar-refractivity contribution in [2.45, 2.75) is 6.42 Å². The largest absolute Gasteiger partial charge is 0.496 e. The molecule has 7 heteroatoms. The highest BCUT2D eigenvalue weighted by atomic mass is 127. The molecule has 0 bridgehead atoms. The number of nitrogens with zero attached hydrogens (tertiary/aromatic N) is 1. The van der Waals surface area contributed by atoms with Crippen LogP contribution in [0.3, 0.4) is 0 Å². The summed E-state index contributed by atoms with van der Waals surface area (Å²) in [5.41, 5.74) is 2.43. The number of halogens is 2. The Bertz CT molecular complexity index is 904. The smallest absolute Gasteiger partial charge is 0.255 e. The Morgan fingerprint density at radius 1 is 1.07 bits per heavy atom. The van der Waals surface area contributed by atoms with Gasteiger partial charge in [0.05, 0.1) is 32.5 Å². The average molecular weight is 497 g/mol. The highest BCUT2D eigenvalue weighted by molar-refractivity contribution is 14.1. The van der Waals surface area contributed by atoms with Gasteiger partial charge in [-0.15, -0.1) is 0 Å². The summed E-state index contributed by atoms with van der Waals surface area (Å²) in [5.74, 6) is 1.52. The van der Waals surface area contributed by atoms with Crippen molar-refractivity contribution < 1.29 is 23.4 Å². The van der Waals surface area contributed by atoms with Crippen LogP contribution in [0.25, 0.3) is 5.57 Å². The molecule has 1 amide bonds. The van der Waals surface area contributed by atoms with Gasteiger partial charge in [0, 0.05) is 28.8 Å². The topological polar surface area (TPSA) is 48.0 Å². The minimum atomic E-state index is -0.347. The van der Waals surface area contributed by atoms with E-state index in [0.717, 1.165) is 11.1 Å². The second kappa shape index (κ2) is 8.81. The summed E-state index contributed by atoms with van der Waals surface area (Å²) in [6, 6.07) is 7.85. The third-order valence-corrected chi connectivity index (χ3v) is 5.59. The van der Waals surface area contributed by atoms with Crippen molar-refractivity contribution in [1.82, 2.24) is 4.90 Å². The molecule has 1 aliphatic rings. The molecule has 0 fully saturated rings. The zero-order valence-electron chi connectivity index (χ0n) is 15.9. The van der Waals surface area contributed by atoms with Crippen LogP contribution in [0.2, 0.25) is 0 Å². The summed E-state index contributed by atoms with van der Waals surface area (Å²) in [6.45, 7) is 1.01. The Hall–Kier alpha value is -2.29. The number of hydrogen-bond acceptors (Lipinski definition) is 4. The molecule has 0 radical (unpaired) electrons. The Kier molecular flexibility index (Phi) is 6.43. The number of ether oxygens (including phenoxy) is 3. The molecule has 0 atom stereocenters. The number of benzene rings is 2. The molecule has 0 aliphatic carbocycles. The molecule has 0 saturated carbocycles. The van der Waals surface area contributed by atoms with Crippen LogP contribution < -0.4 is 14.2 Å². The number of methoxy groups -OCH3 is 3. The molecular formula is C21H21FINO4. The van der Waals surface area contributed by atoms with E-state index in [1.165, 1.54) is 18.2 Å². The van der Waals surface area contributed by atoms with E-state index in [-0.39, 0.29) is 11.7 Å². The lowest BCUT2D eigenvalue weighted by atomic mass is 9.96. The summed E-state index contributed by atoms with van der Waals surface area (Å²) >= 11 is 1.99. The molecule has 5 nitrogen and oxygen atoms in total. The first-order chi connectivity index (χ1) is 13.5. The van der Waals surface area contributed by atoms with Gasteiger partial charge in [-0.25, -0.2) is 4.39 Å². The van der Waals surface area contributed by atoms with Crippen LogP contribution in [0.5, 0.6) is 17.2 Å². The second-order valence-corrected chi connectivity index (χ2v) is 7.42. The Balaban J connectivity index is 1.87. The predicted molar refractivity (Wildman–Crippen MR) is 114 cm³/mol. The van der Waals surface area contributed by atoms with E-state index < -0.39 is 0 Å². The van der Waals surface area contributed by atoms with Crippen LogP contribution >= 0.6 is 22.6 Å². The number of rotatable bonds is 5. The summed E-state index contributed by atoms with van der Waals surface area (Å²) in [7, 11) is 4.80. The Labute approximate surface area is 177 Å². The molecule has 0 saturated heterocycles. The monoisotopic (exact) mass is 497 g/mol. The maximum atomic E-state index is 13.3. The van der Waals surface area contributed by atoms with Gasteiger partial charge in [0.15, 0.2) is 0 Å². The molecule has 0 N–H and O–H groups in total. The van der Waals surface area contributed by atoms with Crippen molar-refractivity contribution in [3.63, 3.8) is 0 Å². The van der Waals surface area contributed by atoms with Crippen LogP contribution in [0, 0.1) is 9.39 Å². The summed E-state index contributed by atoms with van der Waals surface area (Å²) in [6.07, 6.45) is 2.66. The van der Waals surface area contributed by atoms with Crippen molar-refractivity contribution in [2.75, 3.05) is 34.4 Å². The van der Waals surface area contributed by atoms with Crippen molar-refractivity contribution in [3.8, 4) is 17.2 Å². The van der Waals surface area contributed by atoms with Crippen molar-refractivity contribution in [3.05, 3.63) is 56.9 Å². The van der Waals surface area contributed by atoms with Crippen molar-refractivity contribution >= 4 is 34.1 Å². The van der Waals surface area contributed by atoms with Crippen LogP contribution in [0.15, 0.2) is 36.4 Å². The van der Waals surface area contributed by atoms with E-state index in [1.54, 1.807) is 26.2 Å². The van der Waals surface area contributed by atoms with Gasteiger partial charge in [0.2, 0.25) is 0 Å². The third-order valence-electron chi connectivity index (χ3n) is 4.69. The second-order valence-electron chi connectivity index (χ2n) is 6.26. The molecule has 0 unspecified atom stereocenters. The van der Waals surface area contributed by atoms with Gasteiger partial charge in [0.25, 0.3) is 5.91 Å². The van der Waals surface area contributed by atoms with Gasteiger partial charge in [-0.1, -0.05) is 6.08 Å². The van der Waals surface area contributed by atoms with Gasteiger partial charge in [0.1, 0.15) is 23.1 Å². The number of carbonyl (C=O) groups excluding carboxylic acids is 1. The molecular weight excluding hydrogens is 476 g/mol. The predicted octanol–water partition coefficient (Wildman–Crippen LogP) is 4.39. The Morgan fingerprint density at radius 3 is 2.25 bits per heavy atom. The van der Waals surface area contributed by atoms with E-state index in [9.17, 15) is 9.18 Å². The number of amides is 1. The van der Waals surface area contributed by atoms with Crippen LogP contribution in [-0.4, -0.2) is 45.2 Å². The van der Waals surface area contributed by atoms with Gasteiger partial charge < -0.3 is 19.1 Å². The van der Waals surface area contributed by atoms with Gasteiger partial charge in [-0.05, 0) is 52.8 Å². The SMILES string of the molecule is COc1cc(OC)c(C2=CCN(C(=O)c3ccc(F)cc3I)CC2)c(OC)c1. The van der Waals surface area contributed by atoms with E-state index >= 15 is 0 Å². The molecule has 2 aromatic carbocycles. The van der Waals surface area contributed by atoms with E-state index in [4.69, 9.17) is 14.2 Å². The first kappa shape index (κ1) is 20.4. The maximum absolute atomic E-state index is 13.3. The Morgan fingerprint density at radius 2 is 1.75 bits per heavy atom. The summed E-state index contributed by atoms with van der Waals surface area (Å²) in [4.78, 5) is 14.6. The highest BCUT2D eigenvalue weighted by Crippen LogP contribution is 2.41. The van der Waals surface area contributed by atoms with Crippen LogP contribution in [-0.2, 0) is 0 Å². The zero-order valence-corrected chi connectivity index (χ0v) is 18.1. The lowest BCUT2D eigenvalue weighted by molar-refractivity contribution is 0.0771. The van der Waals surface area contributed by atoms with Crippen LogP contribution in [0.1, 0.15) is 22.3 Å². The van der Waals surface area contributed by atoms with Gasteiger partial charge in [-0.2, -0.15) is 0 Å². The van der Waals surface area contributed by atoms with Gasteiger partial charge in [-0.3, -0.25) is 4.79 Å². The van der Waals surface area contributed by atoms with E-state index in [0.29, 0.717) is 45.9 Å². The molecule has 0 spiro atoms. The lowest BCUT2D eigenvalue weighted by Gasteiger charge is -2.28. The third kappa shape index (κ3) is 4.09. The number of carbonyl (C=O) groups is 1. The first-order valence-corrected chi connectivity index (χ1v) is 9.80. The highest BCUT2D eigenvalue weighted by Gasteiger charge is 2.24. The lowest BCUT2D eigenvalue weighted by Crippen LogP contribution is -2.35. The molecule has 2 aromatic rings. The summed E-state index contributed by atoms with van der Waals surface area (Å²) in [5, 5.41) is 0. The van der Waals surface area contributed by atoms with E-state index in [2.05, 4.69) is 0 Å². The fraction of sp³-hybridized carbons (Fsp3) is 0.286. The molecule has 0 aromatic heterocycles. The maximum Gasteiger partial charge on any atom is 0.255 e. The molecule has 3 rings (SSSR count). The van der Waals surface area contributed by atoms with Gasteiger partial charge >= 0.3 is 0 Å². The standard InChI is InChI=1S/C21H21FINO4/c1-26-15-11-18(27-2)20(19(12-15)28-3)13-6-8-24(9-7-13)21(25)16-5-4-14(22)10-17(16)23/h4-6,10-12H,7-9H2,1-3H3. The molecule has 28 heavy (non-hydrogen) atoms. The fourth-order valence-electron chi connectivity index (χ4n) is 3.24. The fourth-order valence-corrected chi connectivity index (χ4v) is 3.94. The molecule has 148 valence electrons. The van der Waals surface area contributed by atoms with Crippen LogP contribution in [0.4, 0.5) is 4.39 Å². The summed E-state index contributed by atoms with van der Waals surface area (Å²) < 4.78 is 30.3. The quantitative estimate of drug-likeness (QED) is 0.576. The first-order valence-electron chi connectivity index (χ1n) is 8.72. The molecule has 1 heterocycles. The van der Waals surface area contributed by atoms with Crippen molar-refractivity contribution in [1.29, 1.82) is 0 Å². The van der Waals surface area contributed by atoms with Crippen molar-refractivity contribution in [2.24, 2.45) is 0 Å². The zero-order chi connectivity index (χ0) is 20.3. The molecule has 1 aliphatic heterocycles. The van der Waals surface area contributed by atoms with E-state index in [1.807, 2.05) is 40.8 Å². The normalized spacial score (nSPS) is 13.8. The minimum Gasteiger partial charge on any atom is -0.496 e.